The molecule has 1 N–H and O–H groups in total. The minimum Gasteiger partial charge on any atom is -0.296 e. The summed E-state index contributed by atoms with van der Waals surface area (Å²) >= 11 is 2.19. The Morgan fingerprint density at radius 2 is 2.10 bits per heavy atom. The maximum atomic E-state index is 12.6. The van der Waals surface area contributed by atoms with Gasteiger partial charge in [0.05, 0.1) is 15.8 Å². The summed E-state index contributed by atoms with van der Waals surface area (Å²) in [5, 5.41) is 4.22. The Labute approximate surface area is 123 Å². The van der Waals surface area contributed by atoms with E-state index in [0.717, 1.165) is 17.4 Å². The van der Waals surface area contributed by atoms with E-state index in [1.165, 1.54) is 16.8 Å². The molecule has 0 unspecified atom stereocenters. The number of thiazole rings is 2. The third-order valence-electron chi connectivity index (χ3n) is 2.46. The van der Waals surface area contributed by atoms with Crippen molar-refractivity contribution in [3.05, 3.63) is 34.4 Å². The first kappa shape index (κ1) is 13.9. The number of halogens is 3. The van der Waals surface area contributed by atoms with Gasteiger partial charge in [-0.2, -0.15) is 18.2 Å². The van der Waals surface area contributed by atoms with E-state index in [0.29, 0.717) is 6.20 Å². The molecule has 5 nitrogen and oxygen atoms in total. The average molecular weight is 330 g/mol. The van der Waals surface area contributed by atoms with Gasteiger partial charge in [-0.15, -0.1) is 11.3 Å². The minimum atomic E-state index is -4.46. The molecule has 0 saturated carbocycles. The molecule has 108 valence electrons. The lowest BCUT2D eigenvalue weighted by Crippen LogP contribution is -2.11. The summed E-state index contributed by atoms with van der Waals surface area (Å²) in [5.41, 5.74) is 1.03. The zero-order valence-corrected chi connectivity index (χ0v) is 11.6. The molecular weight excluding hydrogens is 325 g/mol. The monoisotopic (exact) mass is 330 g/mol. The Bertz CT molecular complexity index is 798. The fraction of sp³-hybridized carbons (Fsp3) is 0.0909. The molecule has 1 amide bonds. The number of aromatic nitrogens is 3. The fourth-order valence-corrected chi connectivity index (χ4v) is 2.91. The largest absolute Gasteiger partial charge is 0.417 e. The Kier molecular flexibility index (Phi) is 3.33. The Morgan fingerprint density at radius 1 is 1.29 bits per heavy atom. The first-order valence-electron chi connectivity index (χ1n) is 5.47. The maximum absolute atomic E-state index is 12.6. The maximum Gasteiger partial charge on any atom is 0.417 e. The van der Waals surface area contributed by atoms with Gasteiger partial charge in [0.15, 0.2) is 10.8 Å². The van der Waals surface area contributed by atoms with Crippen LogP contribution in [0.25, 0.3) is 10.3 Å². The predicted molar refractivity (Wildman–Crippen MR) is 72.5 cm³/mol. The number of carbonyl (C=O) groups is 1. The molecule has 0 spiro atoms. The lowest BCUT2D eigenvalue weighted by molar-refractivity contribution is -0.137. The van der Waals surface area contributed by atoms with E-state index >= 15 is 0 Å². The van der Waals surface area contributed by atoms with Gasteiger partial charge in [-0.3, -0.25) is 10.1 Å². The molecule has 0 aromatic carbocycles. The van der Waals surface area contributed by atoms with Gasteiger partial charge in [0, 0.05) is 11.6 Å². The molecule has 21 heavy (non-hydrogen) atoms. The third-order valence-corrected chi connectivity index (χ3v) is 3.95. The summed E-state index contributed by atoms with van der Waals surface area (Å²) in [6.45, 7) is 0. The van der Waals surface area contributed by atoms with Crippen molar-refractivity contribution in [1.29, 1.82) is 0 Å². The molecule has 3 heterocycles. The van der Waals surface area contributed by atoms with E-state index in [2.05, 4.69) is 20.3 Å². The number of pyridine rings is 1. The summed E-state index contributed by atoms with van der Waals surface area (Å²) in [5.74, 6) is -0.466. The van der Waals surface area contributed by atoms with E-state index in [9.17, 15) is 18.0 Å². The second kappa shape index (κ2) is 5.04. The standard InChI is InChI=1S/C11H5F3N4OS2/c12-11(13,14)5-1-7-8(15-2-5)17-10(21-7)18-9(19)6-3-20-4-16-6/h1-4H,(H,15,17,18,19). The highest BCUT2D eigenvalue weighted by molar-refractivity contribution is 7.22. The van der Waals surface area contributed by atoms with Crippen molar-refractivity contribution in [3.63, 3.8) is 0 Å². The van der Waals surface area contributed by atoms with Crippen molar-refractivity contribution < 1.29 is 18.0 Å². The molecule has 0 atom stereocenters. The number of fused-ring (bicyclic) bond motifs is 1. The van der Waals surface area contributed by atoms with Crippen molar-refractivity contribution >= 4 is 44.1 Å². The van der Waals surface area contributed by atoms with Gasteiger partial charge in [0.25, 0.3) is 5.91 Å². The molecule has 0 aliphatic rings. The quantitative estimate of drug-likeness (QED) is 0.782. The van der Waals surface area contributed by atoms with Crippen LogP contribution in [-0.4, -0.2) is 20.9 Å². The minimum absolute atomic E-state index is 0.154. The molecular formula is C11H5F3N4OS2. The predicted octanol–water partition coefficient (Wildman–Crippen LogP) is 3.42. The number of anilines is 1. The van der Waals surface area contributed by atoms with E-state index in [1.54, 1.807) is 5.38 Å². The lowest BCUT2D eigenvalue weighted by atomic mass is 10.3. The van der Waals surface area contributed by atoms with Crippen LogP contribution in [0.15, 0.2) is 23.2 Å². The lowest BCUT2D eigenvalue weighted by Gasteiger charge is -2.04. The molecule has 0 aliphatic carbocycles. The van der Waals surface area contributed by atoms with E-state index in [4.69, 9.17) is 0 Å². The highest BCUT2D eigenvalue weighted by atomic mass is 32.1. The number of carbonyl (C=O) groups excluding carboxylic acids is 1. The van der Waals surface area contributed by atoms with Crippen LogP contribution in [0.1, 0.15) is 16.1 Å². The highest BCUT2D eigenvalue weighted by Crippen LogP contribution is 2.33. The Balaban J connectivity index is 1.89. The number of rotatable bonds is 2. The molecule has 0 radical (unpaired) electrons. The second-order valence-corrected chi connectivity index (χ2v) is 5.64. The SMILES string of the molecule is O=C(Nc1nc2ncc(C(F)(F)F)cc2s1)c1cscn1. The Hall–Kier alpha value is -2.07. The van der Waals surface area contributed by atoms with Crippen molar-refractivity contribution in [2.75, 3.05) is 5.32 Å². The van der Waals surface area contributed by atoms with Crippen molar-refractivity contribution in [2.24, 2.45) is 0 Å². The van der Waals surface area contributed by atoms with Gasteiger partial charge >= 0.3 is 6.18 Å². The smallest absolute Gasteiger partial charge is 0.296 e. The van der Waals surface area contributed by atoms with Crippen molar-refractivity contribution in [3.8, 4) is 0 Å². The van der Waals surface area contributed by atoms with E-state index in [-0.39, 0.29) is 21.2 Å². The van der Waals surface area contributed by atoms with Crippen LogP contribution in [0, 0.1) is 0 Å². The van der Waals surface area contributed by atoms with Gasteiger partial charge in [-0.25, -0.2) is 9.97 Å². The van der Waals surface area contributed by atoms with Gasteiger partial charge in [-0.05, 0) is 6.07 Å². The van der Waals surface area contributed by atoms with Gasteiger partial charge in [0.1, 0.15) is 5.69 Å². The number of nitrogens with zero attached hydrogens (tertiary/aromatic N) is 3. The van der Waals surface area contributed by atoms with Crippen molar-refractivity contribution in [1.82, 2.24) is 15.0 Å². The van der Waals surface area contributed by atoms with Crippen LogP contribution in [-0.2, 0) is 6.18 Å². The number of alkyl halides is 3. The Morgan fingerprint density at radius 3 is 2.76 bits per heavy atom. The summed E-state index contributed by atoms with van der Waals surface area (Å²) in [4.78, 5) is 23.2. The molecule has 3 aromatic heterocycles. The zero-order chi connectivity index (χ0) is 15.0. The fourth-order valence-electron chi connectivity index (χ4n) is 1.51. The number of hydrogen-bond acceptors (Lipinski definition) is 6. The topological polar surface area (TPSA) is 67.8 Å². The molecule has 3 aromatic rings. The molecule has 0 aliphatic heterocycles. The molecule has 3 rings (SSSR count). The summed E-state index contributed by atoms with van der Waals surface area (Å²) in [6, 6.07) is 0.957. The molecule has 10 heteroatoms. The third kappa shape index (κ3) is 2.85. The summed E-state index contributed by atoms with van der Waals surface area (Å²) in [6.07, 6.45) is -3.75. The highest BCUT2D eigenvalue weighted by Gasteiger charge is 2.31. The first-order valence-corrected chi connectivity index (χ1v) is 7.23. The normalized spacial score (nSPS) is 11.8. The van der Waals surface area contributed by atoms with Crippen LogP contribution in [0.3, 0.4) is 0 Å². The van der Waals surface area contributed by atoms with E-state index < -0.39 is 17.6 Å². The zero-order valence-electron chi connectivity index (χ0n) is 10.0. The molecule has 0 saturated heterocycles. The van der Waals surface area contributed by atoms with Crippen LogP contribution >= 0.6 is 22.7 Å². The molecule has 0 fully saturated rings. The van der Waals surface area contributed by atoms with Crippen LogP contribution in [0.4, 0.5) is 18.3 Å². The second-order valence-electron chi connectivity index (χ2n) is 3.89. The average Bonchev–Trinajstić information content (AvgIpc) is 3.05. The van der Waals surface area contributed by atoms with Gasteiger partial charge in [0.2, 0.25) is 0 Å². The molecule has 0 bridgehead atoms. The van der Waals surface area contributed by atoms with Gasteiger partial charge < -0.3 is 0 Å². The first-order chi connectivity index (χ1) is 9.93. The van der Waals surface area contributed by atoms with Crippen LogP contribution in [0.5, 0.6) is 0 Å². The number of hydrogen-bond donors (Lipinski definition) is 1. The van der Waals surface area contributed by atoms with Crippen molar-refractivity contribution in [2.45, 2.75) is 6.18 Å². The number of amides is 1. The van der Waals surface area contributed by atoms with Crippen LogP contribution < -0.4 is 5.32 Å². The summed E-state index contributed by atoms with van der Waals surface area (Å²) in [7, 11) is 0. The van der Waals surface area contributed by atoms with Crippen LogP contribution in [0.2, 0.25) is 0 Å². The number of nitrogens with one attached hydrogen (secondary N) is 1. The van der Waals surface area contributed by atoms with Gasteiger partial charge in [-0.1, -0.05) is 11.3 Å². The summed E-state index contributed by atoms with van der Waals surface area (Å²) < 4.78 is 38.0. The van der Waals surface area contributed by atoms with E-state index in [1.807, 2.05) is 0 Å².